The van der Waals surface area contributed by atoms with E-state index in [4.69, 9.17) is 4.84 Å². The Balaban J connectivity index is 1.37. The van der Waals surface area contributed by atoms with Gasteiger partial charge in [0.2, 0.25) is 5.91 Å². The van der Waals surface area contributed by atoms with Crippen molar-refractivity contribution >= 4 is 23.6 Å². The zero-order chi connectivity index (χ0) is 21.6. The van der Waals surface area contributed by atoms with Crippen LogP contribution in [0.15, 0.2) is 10.6 Å². The highest BCUT2D eigenvalue weighted by atomic mass is 32.2. The number of carboxylic acids is 1. The third-order valence-corrected chi connectivity index (χ3v) is 8.33. The largest absolute Gasteiger partial charge is 0.477 e. The molecule has 3 saturated heterocycles. The summed E-state index contributed by atoms with van der Waals surface area (Å²) in [6.45, 7) is 7.39. The number of hydrogen-bond acceptors (Lipinski definition) is 8. The van der Waals surface area contributed by atoms with Gasteiger partial charge in [-0.15, -0.1) is 11.8 Å². The molecule has 10 heteroatoms. The minimum atomic E-state index is -1.06. The molecule has 4 rings (SSSR count). The fourth-order valence-electron chi connectivity index (χ4n) is 5.44. The van der Waals surface area contributed by atoms with E-state index in [1.807, 2.05) is 6.92 Å². The molecule has 0 aromatic rings. The van der Waals surface area contributed by atoms with Gasteiger partial charge in [0.25, 0.3) is 0 Å². The summed E-state index contributed by atoms with van der Waals surface area (Å²) in [5.41, 5.74) is 3.15. The Hall–Kier alpha value is -1.17. The molecule has 168 valence electrons. The molecule has 0 saturated carbocycles. The lowest BCUT2D eigenvalue weighted by molar-refractivity contribution is -0.163. The summed E-state index contributed by atoms with van der Waals surface area (Å²) < 4.78 is 0. The van der Waals surface area contributed by atoms with E-state index in [-0.39, 0.29) is 28.8 Å². The Morgan fingerprint density at radius 3 is 2.90 bits per heavy atom. The molecule has 0 aromatic heterocycles. The number of hydroxylamine groups is 1. The first kappa shape index (κ1) is 22.0. The minimum Gasteiger partial charge on any atom is -0.477 e. The van der Waals surface area contributed by atoms with E-state index in [0.29, 0.717) is 12.1 Å². The van der Waals surface area contributed by atoms with Gasteiger partial charge in [0.1, 0.15) is 5.70 Å². The second-order valence-electron chi connectivity index (χ2n) is 8.92. The van der Waals surface area contributed by atoms with Crippen LogP contribution >= 0.6 is 11.8 Å². The first-order chi connectivity index (χ1) is 14.3. The van der Waals surface area contributed by atoms with Crippen LogP contribution in [0.3, 0.4) is 0 Å². The molecule has 1 amide bonds. The van der Waals surface area contributed by atoms with Crippen molar-refractivity contribution in [1.29, 1.82) is 0 Å². The predicted octanol–water partition coefficient (Wildman–Crippen LogP) is -0.171. The average molecular weight is 441 g/mol. The molecule has 7 atom stereocenters. The van der Waals surface area contributed by atoms with Crippen LogP contribution in [-0.4, -0.2) is 94.7 Å². The molecule has 3 fully saturated rings. The number of carbonyl (C=O) groups is 2. The molecule has 4 aliphatic rings. The lowest BCUT2D eigenvalue weighted by Crippen LogP contribution is -2.63. The molecule has 4 aliphatic heterocycles. The predicted molar refractivity (Wildman–Crippen MR) is 112 cm³/mol. The number of fused-ring (bicyclic) bond motifs is 1. The standard InChI is InChI=1S/C20H32N4O5S/c1-10-16-15(11(2)25)19(26)24(16)17(20(27)28)18(10)30-14-6-13(21-7-14)9-23-5-4-12(8-23)22-29-3/h10-16,21-22,25H,4-9H2,1-3H3,(H,27,28)/t10-,11-,12?,13?,14+,15?,16?/m1/s1. The summed E-state index contributed by atoms with van der Waals surface area (Å²) in [7, 11) is 1.65. The molecule has 9 nitrogen and oxygen atoms in total. The van der Waals surface area contributed by atoms with Crippen molar-refractivity contribution in [2.75, 3.05) is 33.3 Å². The highest BCUT2D eigenvalue weighted by Crippen LogP contribution is 2.51. The quantitative estimate of drug-likeness (QED) is 0.302. The van der Waals surface area contributed by atoms with Crippen LogP contribution in [0.4, 0.5) is 0 Å². The van der Waals surface area contributed by atoms with Gasteiger partial charge in [-0.2, -0.15) is 5.48 Å². The Labute approximate surface area is 181 Å². The molecular formula is C20H32N4O5S. The maximum Gasteiger partial charge on any atom is 0.353 e. The van der Waals surface area contributed by atoms with Crippen LogP contribution in [0.2, 0.25) is 0 Å². The van der Waals surface area contributed by atoms with Gasteiger partial charge in [0, 0.05) is 47.8 Å². The van der Waals surface area contributed by atoms with Crippen molar-refractivity contribution in [2.45, 2.75) is 56.2 Å². The van der Waals surface area contributed by atoms with Gasteiger partial charge >= 0.3 is 5.97 Å². The van der Waals surface area contributed by atoms with Gasteiger partial charge in [0.15, 0.2) is 0 Å². The fourth-order valence-corrected chi connectivity index (χ4v) is 6.96. The van der Waals surface area contributed by atoms with E-state index in [1.165, 1.54) is 4.90 Å². The number of hydrogen-bond donors (Lipinski definition) is 4. The number of likely N-dealkylation sites (tertiary alicyclic amines) is 1. The normalized spacial score (nSPS) is 37.6. The van der Waals surface area contributed by atoms with E-state index in [9.17, 15) is 19.8 Å². The third kappa shape index (κ3) is 3.89. The first-order valence-corrected chi connectivity index (χ1v) is 11.6. The zero-order valence-corrected chi connectivity index (χ0v) is 18.5. The molecule has 4 N–H and O–H groups in total. The lowest BCUT2D eigenvalue weighted by atomic mass is 9.79. The number of nitrogens with one attached hydrogen (secondary N) is 2. The number of amides is 1. The average Bonchev–Trinajstić information content (AvgIpc) is 3.35. The number of nitrogens with zero attached hydrogens (tertiary/aromatic N) is 2. The topological polar surface area (TPSA) is 114 Å². The number of thioether (sulfide) groups is 1. The van der Waals surface area contributed by atoms with Crippen LogP contribution in [0.1, 0.15) is 26.7 Å². The fraction of sp³-hybridized carbons (Fsp3) is 0.800. The van der Waals surface area contributed by atoms with E-state index < -0.39 is 18.0 Å². The van der Waals surface area contributed by atoms with E-state index >= 15 is 0 Å². The molecule has 0 aromatic carbocycles. The first-order valence-electron chi connectivity index (χ1n) is 10.7. The van der Waals surface area contributed by atoms with Gasteiger partial charge < -0.3 is 30.2 Å². The Kier molecular flexibility index (Phi) is 6.43. The van der Waals surface area contributed by atoms with Crippen LogP contribution in [0.5, 0.6) is 0 Å². The van der Waals surface area contributed by atoms with Gasteiger partial charge in [-0.3, -0.25) is 4.79 Å². The van der Waals surface area contributed by atoms with Crippen molar-refractivity contribution in [3.8, 4) is 0 Å². The van der Waals surface area contributed by atoms with E-state index in [0.717, 1.165) is 43.9 Å². The smallest absolute Gasteiger partial charge is 0.353 e. The number of β-lactam (4-membered cyclic amide) rings is 1. The molecule has 0 spiro atoms. The Morgan fingerprint density at radius 1 is 1.47 bits per heavy atom. The summed E-state index contributed by atoms with van der Waals surface area (Å²) in [4.78, 5) is 34.1. The number of aliphatic carboxylic acids is 1. The Morgan fingerprint density at radius 2 is 2.23 bits per heavy atom. The summed E-state index contributed by atoms with van der Waals surface area (Å²) in [5, 5.41) is 23.6. The molecule has 0 bridgehead atoms. The van der Waals surface area contributed by atoms with Crippen molar-refractivity contribution in [2.24, 2.45) is 11.8 Å². The second kappa shape index (κ2) is 8.76. The summed E-state index contributed by atoms with van der Waals surface area (Å²) in [6.07, 6.45) is 1.27. The number of rotatable bonds is 8. The van der Waals surface area contributed by atoms with Gasteiger partial charge in [-0.1, -0.05) is 6.92 Å². The highest BCUT2D eigenvalue weighted by molar-refractivity contribution is 8.03. The number of aliphatic hydroxyl groups is 1. The highest BCUT2D eigenvalue weighted by Gasteiger charge is 2.60. The van der Waals surface area contributed by atoms with Gasteiger partial charge in [0.05, 0.1) is 25.2 Å². The maximum atomic E-state index is 12.5. The molecule has 0 aliphatic carbocycles. The number of aliphatic hydroxyl groups excluding tert-OH is 1. The van der Waals surface area contributed by atoms with Gasteiger partial charge in [-0.05, 0) is 26.3 Å². The molecule has 4 heterocycles. The zero-order valence-electron chi connectivity index (χ0n) is 17.7. The molecule has 30 heavy (non-hydrogen) atoms. The SMILES string of the molecule is CONC1CCN(CC2C[C@H](SC3=C(C(=O)O)N4C(=O)C([C@@H](C)O)C4[C@H]3C)CN2)C1. The van der Waals surface area contributed by atoms with Gasteiger partial charge in [-0.25, -0.2) is 4.79 Å². The van der Waals surface area contributed by atoms with Crippen molar-refractivity contribution in [1.82, 2.24) is 20.6 Å². The van der Waals surface area contributed by atoms with Crippen molar-refractivity contribution < 1.29 is 24.6 Å². The lowest BCUT2D eigenvalue weighted by Gasteiger charge is -2.46. The number of carbonyl (C=O) groups excluding carboxylic acids is 1. The van der Waals surface area contributed by atoms with E-state index in [1.54, 1.807) is 25.8 Å². The minimum absolute atomic E-state index is 0.0723. The van der Waals surface area contributed by atoms with Crippen LogP contribution in [0, 0.1) is 11.8 Å². The monoisotopic (exact) mass is 440 g/mol. The summed E-state index contributed by atoms with van der Waals surface area (Å²) in [5.74, 6) is -1.91. The summed E-state index contributed by atoms with van der Waals surface area (Å²) >= 11 is 1.60. The summed E-state index contributed by atoms with van der Waals surface area (Å²) in [6, 6.07) is 0.498. The molecular weight excluding hydrogens is 408 g/mol. The van der Waals surface area contributed by atoms with Crippen LogP contribution < -0.4 is 10.8 Å². The second-order valence-corrected chi connectivity index (χ2v) is 10.3. The Bertz CT molecular complexity index is 732. The molecule has 0 radical (unpaired) electrons. The number of carboxylic acid groups (broad SMARTS) is 1. The van der Waals surface area contributed by atoms with Crippen molar-refractivity contribution in [3.63, 3.8) is 0 Å². The van der Waals surface area contributed by atoms with Crippen LogP contribution in [0.25, 0.3) is 0 Å². The van der Waals surface area contributed by atoms with E-state index in [2.05, 4.69) is 15.7 Å². The maximum absolute atomic E-state index is 12.5. The van der Waals surface area contributed by atoms with Crippen molar-refractivity contribution in [3.05, 3.63) is 10.6 Å². The van der Waals surface area contributed by atoms with Crippen LogP contribution in [-0.2, 0) is 14.4 Å². The molecule has 4 unspecified atom stereocenters. The third-order valence-electron chi connectivity index (χ3n) is 6.82.